The van der Waals surface area contributed by atoms with Gasteiger partial charge in [-0.2, -0.15) is 5.26 Å². The molecule has 0 spiro atoms. The van der Waals surface area contributed by atoms with Crippen LogP contribution in [0.4, 0.5) is 5.69 Å². The van der Waals surface area contributed by atoms with Crippen LogP contribution >= 0.6 is 11.6 Å². The zero-order valence-electron chi connectivity index (χ0n) is 19.4. The maximum atomic E-state index is 13.5. The van der Waals surface area contributed by atoms with Gasteiger partial charge in [-0.25, -0.2) is 0 Å². The van der Waals surface area contributed by atoms with Gasteiger partial charge in [0.15, 0.2) is 6.10 Å². The molecule has 0 heterocycles. The third-order valence-corrected chi connectivity index (χ3v) is 5.37. The Labute approximate surface area is 208 Å². The van der Waals surface area contributed by atoms with Gasteiger partial charge in [0.05, 0.1) is 24.0 Å². The second kappa shape index (κ2) is 13.1. The average molecular weight is 500 g/mol. The molecule has 0 aromatic heterocycles. The third-order valence-electron chi connectivity index (χ3n) is 5.20. The van der Waals surface area contributed by atoms with E-state index in [1.807, 2.05) is 37.3 Å². The van der Waals surface area contributed by atoms with E-state index in [1.54, 1.807) is 0 Å². The predicted molar refractivity (Wildman–Crippen MR) is 128 cm³/mol. The molecule has 0 saturated carbocycles. The molecule has 2 rings (SSSR count). The zero-order valence-corrected chi connectivity index (χ0v) is 20.1. The Morgan fingerprint density at radius 3 is 2.34 bits per heavy atom. The molecule has 2 aromatic carbocycles. The number of carbonyl (C=O) groups is 4. The van der Waals surface area contributed by atoms with Gasteiger partial charge < -0.3 is 20.1 Å². The maximum absolute atomic E-state index is 13.5. The molecule has 2 atom stereocenters. The molecular weight excluding hydrogens is 474 g/mol. The van der Waals surface area contributed by atoms with Crippen molar-refractivity contribution in [3.63, 3.8) is 0 Å². The number of aliphatic carboxylic acids is 1. The van der Waals surface area contributed by atoms with E-state index in [9.17, 15) is 24.3 Å². The van der Waals surface area contributed by atoms with Gasteiger partial charge in [-0.3, -0.25) is 19.2 Å². The fourth-order valence-electron chi connectivity index (χ4n) is 3.45. The van der Waals surface area contributed by atoms with Gasteiger partial charge in [0.1, 0.15) is 0 Å². The van der Waals surface area contributed by atoms with Crippen molar-refractivity contribution in [1.82, 2.24) is 4.90 Å². The van der Waals surface area contributed by atoms with Crippen molar-refractivity contribution < 1.29 is 29.0 Å². The number of halogens is 1. The van der Waals surface area contributed by atoms with Gasteiger partial charge in [-0.1, -0.05) is 24.3 Å². The van der Waals surface area contributed by atoms with Gasteiger partial charge in [0, 0.05) is 31.6 Å². The molecule has 0 aliphatic heterocycles. The molecule has 0 radical (unpaired) electrons. The van der Waals surface area contributed by atoms with Crippen molar-refractivity contribution in [3.05, 3.63) is 65.2 Å². The third kappa shape index (κ3) is 8.12. The molecule has 9 nitrogen and oxygen atoms in total. The molecule has 2 aromatic rings. The number of carboxylic acid groups (broad SMARTS) is 1. The normalized spacial score (nSPS) is 12.1. The quantitative estimate of drug-likeness (QED) is 0.358. The van der Waals surface area contributed by atoms with Crippen molar-refractivity contribution in [2.75, 3.05) is 17.7 Å². The summed E-state index contributed by atoms with van der Waals surface area (Å²) in [5.41, 5.74) is 2.40. The lowest BCUT2D eigenvalue weighted by molar-refractivity contribution is -0.163. The number of alkyl halides is 1. The minimum Gasteiger partial charge on any atom is -0.481 e. The Bertz CT molecular complexity index is 1110. The molecule has 0 unspecified atom stereocenters. The van der Waals surface area contributed by atoms with E-state index >= 15 is 0 Å². The smallest absolute Gasteiger partial charge is 0.304 e. The summed E-state index contributed by atoms with van der Waals surface area (Å²) in [6.07, 6.45) is -2.45. The summed E-state index contributed by atoms with van der Waals surface area (Å²) in [7, 11) is 0. The Morgan fingerprint density at radius 2 is 1.80 bits per heavy atom. The van der Waals surface area contributed by atoms with Crippen LogP contribution in [0.25, 0.3) is 0 Å². The fraction of sp³-hybridized carbons (Fsp3) is 0.320. The van der Waals surface area contributed by atoms with Crippen molar-refractivity contribution in [1.29, 1.82) is 5.26 Å². The number of carbonyl (C=O) groups excluding carboxylic acids is 3. The number of aryl methyl sites for hydroxylation is 1. The number of amides is 2. The maximum Gasteiger partial charge on any atom is 0.304 e. The molecule has 35 heavy (non-hydrogen) atoms. The first-order chi connectivity index (χ1) is 16.7. The molecule has 184 valence electrons. The van der Waals surface area contributed by atoms with Crippen molar-refractivity contribution in [3.8, 4) is 6.07 Å². The topological polar surface area (TPSA) is 137 Å². The number of hydrogen-bond donors (Lipinski definition) is 2. The highest BCUT2D eigenvalue weighted by Crippen LogP contribution is 2.22. The first-order valence-electron chi connectivity index (χ1n) is 10.8. The van der Waals surface area contributed by atoms with E-state index in [0.717, 1.165) is 18.1 Å². The Balaban J connectivity index is 2.39. The minimum atomic E-state index is -1.71. The summed E-state index contributed by atoms with van der Waals surface area (Å²) in [5.74, 6) is -5.16. The summed E-state index contributed by atoms with van der Waals surface area (Å²) in [6.45, 7) is 3.17. The van der Waals surface area contributed by atoms with Crippen molar-refractivity contribution >= 4 is 41.0 Å². The summed E-state index contributed by atoms with van der Waals surface area (Å²) in [5, 5.41) is 20.9. The van der Waals surface area contributed by atoms with Gasteiger partial charge in [-0.15, -0.1) is 11.6 Å². The van der Waals surface area contributed by atoms with E-state index in [1.165, 1.54) is 29.2 Å². The van der Waals surface area contributed by atoms with Crippen molar-refractivity contribution in [2.24, 2.45) is 5.92 Å². The second-order valence-electron chi connectivity index (χ2n) is 7.79. The number of rotatable bonds is 11. The second-order valence-corrected chi connectivity index (χ2v) is 8.17. The SMILES string of the molecule is CC(=O)O[C@@H](C(=O)Nc1ccc(C#N)cc1)[C@@H](CC(=O)O)C(=O)N(CCCl)Cc1ccccc1C. The lowest BCUT2D eigenvalue weighted by Gasteiger charge is -2.30. The van der Waals surface area contributed by atoms with Crippen LogP contribution in [0, 0.1) is 24.2 Å². The van der Waals surface area contributed by atoms with Gasteiger partial charge in [0.25, 0.3) is 5.91 Å². The number of anilines is 1. The highest BCUT2D eigenvalue weighted by atomic mass is 35.5. The van der Waals surface area contributed by atoms with Crippen LogP contribution in [-0.2, 0) is 30.5 Å². The van der Waals surface area contributed by atoms with Crippen LogP contribution in [0.5, 0.6) is 0 Å². The van der Waals surface area contributed by atoms with E-state index in [4.69, 9.17) is 21.6 Å². The Hall–Kier alpha value is -3.90. The Kier molecular flexibility index (Phi) is 10.2. The standard InChI is InChI=1S/C25H26ClN3O6/c1-16-5-3-4-6-19(16)15-29(12-11-26)25(34)21(13-22(31)32)23(35-17(2)30)24(33)28-20-9-7-18(14-27)8-10-20/h3-10,21,23H,11-13,15H2,1-2H3,(H,28,33)(H,31,32)/t21-,23-/m1/s1. The molecular formula is C25H26ClN3O6. The largest absolute Gasteiger partial charge is 0.481 e. The van der Waals surface area contributed by atoms with E-state index in [0.29, 0.717) is 5.56 Å². The number of ether oxygens (including phenoxy) is 1. The predicted octanol–water partition coefficient (Wildman–Crippen LogP) is 3.10. The van der Waals surface area contributed by atoms with E-state index in [2.05, 4.69) is 5.32 Å². The number of hydrogen-bond acceptors (Lipinski definition) is 6. The Morgan fingerprint density at radius 1 is 1.14 bits per heavy atom. The number of carboxylic acids is 1. The molecule has 0 aliphatic rings. The van der Waals surface area contributed by atoms with Crippen LogP contribution in [0.15, 0.2) is 48.5 Å². The minimum absolute atomic E-state index is 0.0765. The molecule has 10 heteroatoms. The lowest BCUT2D eigenvalue weighted by atomic mass is 9.95. The summed E-state index contributed by atoms with van der Waals surface area (Å²) in [6, 6.07) is 15.2. The highest BCUT2D eigenvalue weighted by Gasteiger charge is 2.40. The monoisotopic (exact) mass is 499 g/mol. The summed E-state index contributed by atoms with van der Waals surface area (Å²) >= 11 is 5.92. The van der Waals surface area contributed by atoms with Crippen LogP contribution in [0.2, 0.25) is 0 Å². The van der Waals surface area contributed by atoms with Crippen LogP contribution in [0.1, 0.15) is 30.0 Å². The molecule has 0 saturated heterocycles. The van der Waals surface area contributed by atoms with Crippen LogP contribution < -0.4 is 5.32 Å². The molecule has 0 bridgehead atoms. The number of esters is 1. The first kappa shape index (κ1) is 27.3. The molecule has 0 fully saturated rings. The van der Waals surface area contributed by atoms with Gasteiger partial charge in [-0.05, 0) is 42.3 Å². The van der Waals surface area contributed by atoms with Gasteiger partial charge in [0.2, 0.25) is 5.91 Å². The number of nitrogens with one attached hydrogen (secondary N) is 1. The van der Waals surface area contributed by atoms with Crippen LogP contribution in [-0.4, -0.2) is 52.3 Å². The molecule has 2 amide bonds. The first-order valence-corrected chi connectivity index (χ1v) is 11.3. The molecule has 0 aliphatic carbocycles. The van der Waals surface area contributed by atoms with E-state index < -0.39 is 42.2 Å². The highest BCUT2D eigenvalue weighted by molar-refractivity contribution is 6.18. The zero-order chi connectivity index (χ0) is 26.0. The average Bonchev–Trinajstić information content (AvgIpc) is 2.82. The number of nitriles is 1. The lowest BCUT2D eigenvalue weighted by Crippen LogP contribution is -2.48. The number of nitrogens with zero attached hydrogens (tertiary/aromatic N) is 2. The summed E-state index contributed by atoms with van der Waals surface area (Å²) < 4.78 is 5.17. The fourth-order valence-corrected chi connectivity index (χ4v) is 3.65. The summed E-state index contributed by atoms with van der Waals surface area (Å²) in [4.78, 5) is 51.4. The van der Waals surface area contributed by atoms with Crippen LogP contribution in [0.3, 0.4) is 0 Å². The van der Waals surface area contributed by atoms with E-state index in [-0.39, 0.29) is 24.7 Å². The van der Waals surface area contributed by atoms with Crippen molar-refractivity contribution in [2.45, 2.75) is 32.9 Å². The number of benzene rings is 2. The molecule has 2 N–H and O–H groups in total. The van der Waals surface area contributed by atoms with Gasteiger partial charge >= 0.3 is 11.9 Å².